The van der Waals surface area contributed by atoms with E-state index in [-0.39, 0.29) is 0 Å². The van der Waals surface area contributed by atoms with Crippen LogP contribution in [0, 0.1) is 6.92 Å². The third-order valence-electron chi connectivity index (χ3n) is 2.31. The van der Waals surface area contributed by atoms with Crippen molar-refractivity contribution < 1.29 is 0 Å². The van der Waals surface area contributed by atoms with Crippen LogP contribution >= 0.6 is 0 Å². The normalized spacial score (nSPS) is 11.1. The van der Waals surface area contributed by atoms with Crippen LogP contribution in [0.3, 0.4) is 0 Å². The lowest BCUT2D eigenvalue weighted by Gasteiger charge is -2.09. The third kappa shape index (κ3) is 3.93. The molecule has 0 radical (unpaired) electrons. The molecule has 0 fully saturated rings. The average Bonchev–Trinajstić information content (AvgIpc) is 2.25. The van der Waals surface area contributed by atoms with Gasteiger partial charge in [0.05, 0.1) is 0 Å². The highest BCUT2D eigenvalue weighted by molar-refractivity contribution is 5.65. The summed E-state index contributed by atoms with van der Waals surface area (Å²) in [5.41, 5.74) is 5.03. The van der Waals surface area contributed by atoms with Crippen molar-refractivity contribution in [1.82, 2.24) is 5.32 Å². The van der Waals surface area contributed by atoms with Crippen LogP contribution in [0.4, 0.5) is 0 Å². The van der Waals surface area contributed by atoms with Gasteiger partial charge in [0, 0.05) is 12.2 Å². The first kappa shape index (κ1) is 12.6. The Bertz CT molecular complexity index is 378. The van der Waals surface area contributed by atoms with Crippen molar-refractivity contribution in [2.75, 3.05) is 6.54 Å². The predicted octanol–water partition coefficient (Wildman–Crippen LogP) is 3.91. The fraction of sp³-hybridized carbons (Fsp3) is 0.333. The van der Waals surface area contributed by atoms with Crippen molar-refractivity contribution in [2.45, 2.75) is 27.7 Å². The maximum atomic E-state index is 3.39. The summed E-state index contributed by atoms with van der Waals surface area (Å²) in [5, 5.41) is 3.39. The molecule has 0 aliphatic rings. The minimum absolute atomic E-state index is 0.941. The van der Waals surface area contributed by atoms with Crippen LogP contribution in [-0.4, -0.2) is 6.54 Å². The molecule has 0 spiro atoms. The Balaban J connectivity index is 2.97. The van der Waals surface area contributed by atoms with Gasteiger partial charge in [-0.25, -0.2) is 0 Å². The number of benzene rings is 1. The van der Waals surface area contributed by atoms with Gasteiger partial charge in [0.25, 0.3) is 0 Å². The fourth-order valence-electron chi connectivity index (χ4n) is 1.43. The summed E-state index contributed by atoms with van der Waals surface area (Å²) in [5.74, 6) is 0. The molecule has 0 bridgehead atoms. The second-order valence-corrected chi connectivity index (χ2v) is 4.22. The summed E-state index contributed by atoms with van der Waals surface area (Å²) in [6, 6.07) is 8.59. The quantitative estimate of drug-likeness (QED) is 0.751. The van der Waals surface area contributed by atoms with E-state index in [1.807, 2.05) is 0 Å². The largest absolute Gasteiger partial charge is 0.385 e. The van der Waals surface area contributed by atoms with Gasteiger partial charge in [-0.05, 0) is 39.3 Å². The van der Waals surface area contributed by atoms with E-state index in [0.29, 0.717) is 0 Å². The maximum absolute atomic E-state index is 3.39. The molecule has 16 heavy (non-hydrogen) atoms. The maximum Gasteiger partial charge on any atom is 0.0413 e. The number of hydrogen-bond acceptors (Lipinski definition) is 1. The average molecular weight is 215 g/mol. The molecule has 0 aromatic heterocycles. The highest BCUT2D eigenvalue weighted by Crippen LogP contribution is 2.13. The van der Waals surface area contributed by atoms with Gasteiger partial charge in [0.2, 0.25) is 0 Å². The molecular weight excluding hydrogens is 194 g/mol. The number of nitrogens with one attached hydrogen (secondary N) is 1. The molecule has 1 aromatic carbocycles. The molecule has 1 heteroatoms. The minimum Gasteiger partial charge on any atom is -0.385 e. The van der Waals surface area contributed by atoms with Gasteiger partial charge in [-0.15, -0.1) is 0 Å². The van der Waals surface area contributed by atoms with E-state index in [0.717, 1.165) is 6.54 Å². The molecule has 0 aliphatic heterocycles. The zero-order valence-electron chi connectivity index (χ0n) is 10.7. The first-order valence-electron chi connectivity index (χ1n) is 5.79. The summed E-state index contributed by atoms with van der Waals surface area (Å²) >= 11 is 0. The molecular formula is C15H21N. The summed E-state index contributed by atoms with van der Waals surface area (Å²) in [4.78, 5) is 0. The predicted molar refractivity (Wildman–Crippen MR) is 72.3 cm³/mol. The molecule has 86 valence electrons. The first-order chi connectivity index (χ1) is 7.63. The SMILES string of the molecule is CCN/C(=C\C=C(C)C)c1ccc(C)cc1. The van der Waals surface area contributed by atoms with Crippen molar-refractivity contribution >= 4 is 5.70 Å². The zero-order chi connectivity index (χ0) is 12.0. The van der Waals surface area contributed by atoms with Crippen molar-refractivity contribution in [3.8, 4) is 0 Å². The molecule has 0 atom stereocenters. The Morgan fingerprint density at radius 2 is 1.75 bits per heavy atom. The van der Waals surface area contributed by atoms with Gasteiger partial charge in [-0.1, -0.05) is 41.5 Å². The lowest BCUT2D eigenvalue weighted by molar-refractivity contribution is 0.939. The van der Waals surface area contributed by atoms with E-state index in [4.69, 9.17) is 0 Å². The minimum atomic E-state index is 0.941. The van der Waals surface area contributed by atoms with Gasteiger partial charge in [-0.3, -0.25) is 0 Å². The zero-order valence-corrected chi connectivity index (χ0v) is 10.7. The summed E-state index contributed by atoms with van der Waals surface area (Å²) < 4.78 is 0. The molecule has 0 heterocycles. The van der Waals surface area contributed by atoms with Crippen LogP contribution < -0.4 is 5.32 Å². The Hall–Kier alpha value is -1.50. The number of allylic oxidation sites excluding steroid dienone is 3. The number of rotatable bonds is 4. The standard InChI is InChI=1S/C15H21N/c1-5-16-15(11-6-12(2)3)14-9-7-13(4)8-10-14/h6-11,16H,5H2,1-4H3/b15-11-. The number of aryl methyl sites for hydroxylation is 1. The van der Waals surface area contributed by atoms with Gasteiger partial charge < -0.3 is 5.32 Å². The smallest absolute Gasteiger partial charge is 0.0413 e. The molecule has 1 aromatic rings. The van der Waals surface area contributed by atoms with Crippen LogP contribution in [0.5, 0.6) is 0 Å². The van der Waals surface area contributed by atoms with Crippen molar-refractivity contribution in [3.05, 3.63) is 53.1 Å². The highest BCUT2D eigenvalue weighted by Gasteiger charge is 1.98. The van der Waals surface area contributed by atoms with Gasteiger partial charge in [0.1, 0.15) is 0 Å². The third-order valence-corrected chi connectivity index (χ3v) is 2.31. The van der Waals surface area contributed by atoms with E-state index >= 15 is 0 Å². The van der Waals surface area contributed by atoms with E-state index in [1.54, 1.807) is 0 Å². The fourth-order valence-corrected chi connectivity index (χ4v) is 1.43. The van der Waals surface area contributed by atoms with E-state index < -0.39 is 0 Å². The Morgan fingerprint density at radius 1 is 1.12 bits per heavy atom. The summed E-state index contributed by atoms with van der Waals surface area (Å²) in [6.45, 7) is 9.38. The summed E-state index contributed by atoms with van der Waals surface area (Å²) in [7, 11) is 0. The van der Waals surface area contributed by atoms with Crippen LogP contribution in [0.25, 0.3) is 5.70 Å². The molecule has 0 saturated carbocycles. The second kappa shape index (κ2) is 6.16. The van der Waals surface area contributed by atoms with Gasteiger partial charge in [0.15, 0.2) is 0 Å². The molecule has 0 aliphatic carbocycles. The molecule has 1 N–H and O–H groups in total. The Kier molecular flexibility index (Phi) is 4.84. The lowest BCUT2D eigenvalue weighted by Crippen LogP contribution is -2.10. The Morgan fingerprint density at radius 3 is 2.25 bits per heavy atom. The monoisotopic (exact) mass is 215 g/mol. The van der Waals surface area contributed by atoms with Crippen molar-refractivity contribution in [2.24, 2.45) is 0 Å². The van der Waals surface area contributed by atoms with E-state index in [9.17, 15) is 0 Å². The van der Waals surface area contributed by atoms with Crippen molar-refractivity contribution in [3.63, 3.8) is 0 Å². The summed E-state index contributed by atoms with van der Waals surface area (Å²) in [6.07, 6.45) is 4.28. The Labute approximate surface area is 98.9 Å². The lowest BCUT2D eigenvalue weighted by atomic mass is 10.1. The number of hydrogen-bond donors (Lipinski definition) is 1. The second-order valence-electron chi connectivity index (χ2n) is 4.22. The van der Waals surface area contributed by atoms with Crippen LogP contribution in [-0.2, 0) is 0 Å². The van der Waals surface area contributed by atoms with Crippen molar-refractivity contribution in [1.29, 1.82) is 0 Å². The first-order valence-corrected chi connectivity index (χ1v) is 5.79. The highest BCUT2D eigenvalue weighted by atomic mass is 14.9. The topological polar surface area (TPSA) is 12.0 Å². The van der Waals surface area contributed by atoms with Gasteiger partial charge >= 0.3 is 0 Å². The van der Waals surface area contributed by atoms with Gasteiger partial charge in [-0.2, -0.15) is 0 Å². The molecule has 0 saturated heterocycles. The molecule has 0 amide bonds. The molecule has 1 rings (SSSR count). The van der Waals surface area contributed by atoms with E-state index in [1.165, 1.54) is 22.4 Å². The molecule has 1 nitrogen and oxygen atoms in total. The van der Waals surface area contributed by atoms with E-state index in [2.05, 4.69) is 69.4 Å². The van der Waals surface area contributed by atoms with Crippen LogP contribution in [0.2, 0.25) is 0 Å². The van der Waals surface area contributed by atoms with Crippen LogP contribution in [0.1, 0.15) is 31.9 Å². The van der Waals surface area contributed by atoms with Crippen LogP contribution in [0.15, 0.2) is 42.0 Å². The molecule has 0 unspecified atom stereocenters.